The zero-order chi connectivity index (χ0) is 20.8. The summed E-state index contributed by atoms with van der Waals surface area (Å²) in [7, 11) is 1.84. The van der Waals surface area contributed by atoms with Crippen LogP contribution in [0.25, 0.3) is 0 Å². The first-order valence-electron chi connectivity index (χ1n) is 9.72. The molecule has 0 aliphatic carbocycles. The highest BCUT2D eigenvalue weighted by Gasteiger charge is 2.33. The number of rotatable bonds is 6. The van der Waals surface area contributed by atoms with Gasteiger partial charge in [0.05, 0.1) is 23.9 Å². The molecular weight excluding hydrogens is 360 g/mol. The lowest BCUT2D eigenvalue weighted by Gasteiger charge is -2.37. The van der Waals surface area contributed by atoms with E-state index in [9.17, 15) is 14.7 Å². The highest BCUT2D eigenvalue weighted by atomic mass is 16.5. The Labute approximate surface area is 166 Å². The largest absolute Gasteiger partial charge is 0.486 e. The number of benzene rings is 1. The molecule has 156 valence electrons. The van der Waals surface area contributed by atoms with Crippen LogP contribution in [0.5, 0.6) is 5.75 Å². The van der Waals surface area contributed by atoms with E-state index in [1.165, 1.54) is 0 Å². The quantitative estimate of drug-likeness (QED) is 0.590. The molecule has 2 rings (SSSR count). The second-order valence-electron chi connectivity index (χ2n) is 7.62. The van der Waals surface area contributed by atoms with Gasteiger partial charge in [-0.1, -0.05) is 13.0 Å². The van der Waals surface area contributed by atoms with E-state index in [0.717, 1.165) is 0 Å². The third-order valence-electron chi connectivity index (χ3n) is 4.76. The van der Waals surface area contributed by atoms with Crippen molar-refractivity contribution < 1.29 is 19.4 Å². The molecule has 0 fully saturated rings. The van der Waals surface area contributed by atoms with E-state index in [2.05, 4.69) is 16.0 Å². The van der Waals surface area contributed by atoms with Crippen LogP contribution in [-0.4, -0.2) is 66.9 Å². The van der Waals surface area contributed by atoms with Gasteiger partial charge in [0.15, 0.2) is 5.75 Å². The molecule has 1 aromatic carbocycles. The SMILES string of the molecule is CNC[C@H]1Oc2c(NC(=O)NC(C)C)cccc2C(=O)N([C@H](C)CO)C[C@@H]1C. The molecule has 3 atom stereocenters. The highest BCUT2D eigenvalue weighted by molar-refractivity contribution is 6.01. The molecule has 8 nitrogen and oxygen atoms in total. The fourth-order valence-electron chi connectivity index (χ4n) is 3.21. The van der Waals surface area contributed by atoms with Crippen molar-refractivity contribution in [3.63, 3.8) is 0 Å². The minimum absolute atomic E-state index is 0.0222. The Hall–Kier alpha value is -2.32. The summed E-state index contributed by atoms with van der Waals surface area (Å²) in [5, 5.41) is 18.3. The summed E-state index contributed by atoms with van der Waals surface area (Å²) < 4.78 is 6.24. The van der Waals surface area contributed by atoms with Crippen LogP contribution in [0.2, 0.25) is 0 Å². The fourth-order valence-corrected chi connectivity index (χ4v) is 3.21. The Bertz CT molecular complexity index is 695. The maximum Gasteiger partial charge on any atom is 0.319 e. The Morgan fingerprint density at radius 1 is 1.36 bits per heavy atom. The van der Waals surface area contributed by atoms with Gasteiger partial charge < -0.3 is 30.7 Å². The maximum atomic E-state index is 13.2. The van der Waals surface area contributed by atoms with Crippen LogP contribution in [-0.2, 0) is 0 Å². The Kier molecular flexibility index (Phi) is 7.65. The molecule has 28 heavy (non-hydrogen) atoms. The van der Waals surface area contributed by atoms with E-state index in [-0.39, 0.29) is 42.7 Å². The van der Waals surface area contributed by atoms with Crippen molar-refractivity contribution in [2.75, 3.05) is 32.1 Å². The normalized spacial score (nSPS) is 20.7. The number of aliphatic hydroxyl groups is 1. The number of para-hydroxylation sites is 1. The van der Waals surface area contributed by atoms with Crippen molar-refractivity contribution in [2.45, 2.75) is 45.9 Å². The molecule has 1 aliphatic rings. The number of hydrogen-bond acceptors (Lipinski definition) is 5. The third kappa shape index (κ3) is 5.14. The van der Waals surface area contributed by atoms with Gasteiger partial charge in [0, 0.05) is 25.0 Å². The zero-order valence-corrected chi connectivity index (χ0v) is 17.3. The topological polar surface area (TPSA) is 103 Å². The van der Waals surface area contributed by atoms with Crippen molar-refractivity contribution >= 4 is 17.6 Å². The van der Waals surface area contributed by atoms with Crippen LogP contribution >= 0.6 is 0 Å². The number of nitrogens with zero attached hydrogens (tertiary/aromatic N) is 1. The molecule has 3 amide bonds. The van der Waals surface area contributed by atoms with E-state index < -0.39 is 0 Å². The molecule has 0 bridgehead atoms. The van der Waals surface area contributed by atoms with E-state index in [4.69, 9.17) is 4.74 Å². The molecule has 0 saturated carbocycles. The second kappa shape index (κ2) is 9.75. The van der Waals surface area contributed by atoms with Crippen LogP contribution < -0.4 is 20.7 Å². The number of aliphatic hydroxyl groups excluding tert-OH is 1. The predicted molar refractivity (Wildman–Crippen MR) is 109 cm³/mol. The summed E-state index contributed by atoms with van der Waals surface area (Å²) >= 11 is 0. The number of ether oxygens (including phenoxy) is 1. The molecular formula is C20H32N4O4. The minimum atomic E-state index is -0.361. The summed E-state index contributed by atoms with van der Waals surface area (Å²) in [5.74, 6) is 0.156. The first-order valence-corrected chi connectivity index (χ1v) is 9.72. The van der Waals surface area contributed by atoms with E-state index in [0.29, 0.717) is 30.1 Å². The summed E-state index contributed by atoms with van der Waals surface area (Å²) in [6, 6.07) is 4.41. The first-order chi connectivity index (χ1) is 13.3. The summed E-state index contributed by atoms with van der Waals surface area (Å²) in [5.41, 5.74) is 0.812. The fraction of sp³-hybridized carbons (Fsp3) is 0.600. The van der Waals surface area contributed by atoms with Crippen LogP contribution in [0.4, 0.5) is 10.5 Å². The number of nitrogens with one attached hydrogen (secondary N) is 3. The van der Waals surface area contributed by atoms with Crippen molar-refractivity contribution in [1.29, 1.82) is 0 Å². The first kappa shape index (κ1) is 22.0. The van der Waals surface area contributed by atoms with Gasteiger partial charge in [-0.05, 0) is 40.0 Å². The van der Waals surface area contributed by atoms with Gasteiger partial charge in [-0.15, -0.1) is 0 Å². The molecule has 1 aromatic rings. The lowest BCUT2D eigenvalue weighted by atomic mass is 9.99. The number of carbonyl (C=O) groups excluding carboxylic acids is 2. The van der Waals surface area contributed by atoms with E-state index in [1.54, 1.807) is 23.1 Å². The van der Waals surface area contributed by atoms with Gasteiger partial charge in [0.25, 0.3) is 5.91 Å². The molecule has 0 aromatic heterocycles. The molecule has 0 spiro atoms. The molecule has 0 radical (unpaired) electrons. The highest BCUT2D eigenvalue weighted by Crippen LogP contribution is 2.34. The lowest BCUT2D eigenvalue weighted by Crippen LogP contribution is -2.49. The minimum Gasteiger partial charge on any atom is -0.486 e. The number of anilines is 1. The van der Waals surface area contributed by atoms with Crippen molar-refractivity contribution in [1.82, 2.24) is 15.5 Å². The maximum absolute atomic E-state index is 13.2. The summed E-state index contributed by atoms with van der Waals surface area (Å²) in [6.07, 6.45) is -0.207. The average Bonchev–Trinajstić information content (AvgIpc) is 2.64. The number of fused-ring (bicyclic) bond motifs is 1. The average molecular weight is 393 g/mol. The van der Waals surface area contributed by atoms with Crippen LogP contribution in [0, 0.1) is 5.92 Å². The van der Waals surface area contributed by atoms with Gasteiger partial charge in [0.2, 0.25) is 0 Å². The van der Waals surface area contributed by atoms with Gasteiger partial charge in [-0.3, -0.25) is 4.79 Å². The number of amides is 3. The molecule has 8 heteroatoms. The number of likely N-dealkylation sites (N-methyl/N-ethyl adjacent to an activating group) is 1. The monoisotopic (exact) mass is 392 g/mol. The second-order valence-corrected chi connectivity index (χ2v) is 7.62. The van der Waals surface area contributed by atoms with Crippen LogP contribution in [0.15, 0.2) is 18.2 Å². The van der Waals surface area contributed by atoms with Gasteiger partial charge in [0.1, 0.15) is 6.10 Å². The van der Waals surface area contributed by atoms with Crippen molar-refractivity contribution in [3.8, 4) is 5.75 Å². The van der Waals surface area contributed by atoms with E-state index >= 15 is 0 Å². The number of carbonyl (C=O) groups is 2. The van der Waals surface area contributed by atoms with Gasteiger partial charge in [-0.2, -0.15) is 0 Å². The summed E-state index contributed by atoms with van der Waals surface area (Å²) in [6.45, 7) is 8.50. The van der Waals surface area contributed by atoms with Crippen LogP contribution in [0.3, 0.4) is 0 Å². The molecule has 0 saturated heterocycles. The van der Waals surface area contributed by atoms with Gasteiger partial charge in [-0.25, -0.2) is 4.79 Å². The predicted octanol–water partition coefficient (Wildman–Crippen LogP) is 1.66. The molecule has 0 unspecified atom stereocenters. The van der Waals surface area contributed by atoms with Crippen molar-refractivity contribution in [2.24, 2.45) is 5.92 Å². The summed E-state index contributed by atoms with van der Waals surface area (Å²) in [4.78, 5) is 27.1. The number of urea groups is 1. The van der Waals surface area contributed by atoms with Gasteiger partial charge >= 0.3 is 6.03 Å². The Balaban J connectivity index is 2.48. The standard InChI is InChI=1S/C20H32N4O4/c1-12(2)22-20(27)23-16-8-6-7-15-18(16)28-17(9-21-5)13(3)10-24(19(15)26)14(4)11-25/h6-8,12-14,17,21,25H,9-11H2,1-5H3,(H2,22,23,27)/t13-,14+,17+/m0/s1. The lowest BCUT2D eigenvalue weighted by molar-refractivity contribution is 0.0417. The van der Waals surface area contributed by atoms with E-state index in [1.807, 2.05) is 34.7 Å². The Morgan fingerprint density at radius 2 is 2.07 bits per heavy atom. The molecule has 1 heterocycles. The zero-order valence-electron chi connectivity index (χ0n) is 17.3. The van der Waals surface area contributed by atoms with Crippen LogP contribution in [0.1, 0.15) is 38.1 Å². The third-order valence-corrected chi connectivity index (χ3v) is 4.76. The molecule has 1 aliphatic heterocycles. The molecule has 4 N–H and O–H groups in total. The number of hydrogen-bond donors (Lipinski definition) is 4. The van der Waals surface area contributed by atoms with Crippen molar-refractivity contribution in [3.05, 3.63) is 23.8 Å². The smallest absolute Gasteiger partial charge is 0.319 e. The Morgan fingerprint density at radius 3 is 2.68 bits per heavy atom.